The normalized spacial score (nSPS) is 12.2. The molecule has 0 bridgehead atoms. The zero-order chi connectivity index (χ0) is 15.4. The van der Waals surface area contributed by atoms with Gasteiger partial charge in [-0.15, -0.1) is 0 Å². The maximum Gasteiger partial charge on any atom is 0.411 e. The van der Waals surface area contributed by atoms with Crippen molar-refractivity contribution >= 4 is 11.9 Å². The summed E-state index contributed by atoms with van der Waals surface area (Å²) in [6.07, 6.45) is -11.7. The van der Waals surface area contributed by atoms with Crippen molar-refractivity contribution in [2.75, 3.05) is 6.79 Å². The second kappa shape index (κ2) is 5.93. The Balaban J connectivity index is 4.61. The molecule has 0 aromatic heterocycles. The van der Waals surface area contributed by atoms with Gasteiger partial charge < -0.3 is 9.47 Å². The number of rotatable bonds is 4. The van der Waals surface area contributed by atoms with Crippen LogP contribution in [0.5, 0.6) is 0 Å². The maximum absolute atomic E-state index is 12.0. The molecule has 0 aromatic carbocycles. The molecule has 0 saturated carbocycles. The topological polar surface area (TPSA) is 52.6 Å². The Hall–Kier alpha value is -1.74. The molecule has 10 heteroatoms. The van der Waals surface area contributed by atoms with Gasteiger partial charge in [0, 0.05) is 5.57 Å². The largest absolute Gasteiger partial charge is 0.427 e. The van der Waals surface area contributed by atoms with Gasteiger partial charge in [-0.3, -0.25) is 4.79 Å². The summed E-state index contributed by atoms with van der Waals surface area (Å²) in [5.74, 6) is -8.01. The van der Waals surface area contributed by atoms with Crippen LogP contribution in [-0.4, -0.2) is 31.1 Å². The van der Waals surface area contributed by atoms with E-state index in [0.29, 0.717) is 0 Å². The molecule has 0 aliphatic heterocycles. The monoisotopic (exact) mass is 294 g/mol. The van der Waals surface area contributed by atoms with Crippen molar-refractivity contribution in [2.24, 2.45) is 5.92 Å². The number of carbonyl (C=O) groups excluding carboxylic acids is 2. The molecule has 19 heavy (non-hydrogen) atoms. The number of hydrogen-bond donors (Lipinski definition) is 0. The van der Waals surface area contributed by atoms with Crippen molar-refractivity contribution in [1.82, 2.24) is 0 Å². The summed E-state index contributed by atoms with van der Waals surface area (Å²) in [5.41, 5.74) is -0.167. The van der Waals surface area contributed by atoms with Crippen LogP contribution in [0.3, 0.4) is 0 Å². The highest BCUT2D eigenvalue weighted by Gasteiger charge is 2.62. The van der Waals surface area contributed by atoms with E-state index in [1.165, 1.54) is 6.92 Å². The molecular weight excluding hydrogens is 286 g/mol. The van der Waals surface area contributed by atoms with E-state index in [1.54, 1.807) is 0 Å². The molecule has 0 amide bonds. The minimum atomic E-state index is -5.85. The zero-order valence-electron chi connectivity index (χ0n) is 9.39. The van der Waals surface area contributed by atoms with Crippen LogP contribution in [0.2, 0.25) is 0 Å². The lowest BCUT2D eigenvalue weighted by Crippen LogP contribution is -2.43. The Kier molecular flexibility index (Phi) is 5.39. The molecule has 0 aromatic rings. The quantitative estimate of drug-likeness (QED) is 0.346. The van der Waals surface area contributed by atoms with Crippen molar-refractivity contribution in [3.05, 3.63) is 12.2 Å². The van der Waals surface area contributed by atoms with Crippen molar-refractivity contribution in [2.45, 2.75) is 19.3 Å². The average molecular weight is 294 g/mol. The molecule has 4 nitrogen and oxygen atoms in total. The van der Waals surface area contributed by atoms with Gasteiger partial charge in [0.15, 0.2) is 0 Å². The predicted molar refractivity (Wildman–Crippen MR) is 47.5 cm³/mol. The predicted octanol–water partition coefficient (Wildman–Crippen LogP) is 2.35. The molecule has 0 spiro atoms. The summed E-state index contributed by atoms with van der Waals surface area (Å²) in [5, 5.41) is 0. The highest BCUT2D eigenvalue weighted by molar-refractivity contribution is 5.87. The Bertz CT molecular complexity index is 356. The fraction of sp³-hybridized carbons (Fsp3) is 0.556. The lowest BCUT2D eigenvalue weighted by atomic mass is 10.1. The molecule has 0 heterocycles. The van der Waals surface area contributed by atoms with Gasteiger partial charge in [0.2, 0.25) is 12.7 Å². The van der Waals surface area contributed by atoms with Crippen molar-refractivity contribution in [1.29, 1.82) is 0 Å². The summed E-state index contributed by atoms with van der Waals surface area (Å²) >= 11 is 0. The van der Waals surface area contributed by atoms with Crippen LogP contribution in [0.15, 0.2) is 12.2 Å². The second-order valence-electron chi connectivity index (χ2n) is 3.31. The van der Waals surface area contributed by atoms with Gasteiger partial charge in [0.1, 0.15) is 0 Å². The number of alkyl halides is 6. The maximum atomic E-state index is 12.0. The number of halogens is 6. The summed E-state index contributed by atoms with van der Waals surface area (Å²) in [4.78, 5) is 21.4. The van der Waals surface area contributed by atoms with E-state index in [4.69, 9.17) is 0 Å². The molecular formula is C9H8F6O4. The van der Waals surface area contributed by atoms with Crippen LogP contribution in [0.25, 0.3) is 0 Å². The third kappa shape index (κ3) is 5.62. The van der Waals surface area contributed by atoms with Gasteiger partial charge >= 0.3 is 24.3 Å². The van der Waals surface area contributed by atoms with Crippen LogP contribution >= 0.6 is 0 Å². The Morgan fingerprint density at radius 2 is 1.47 bits per heavy atom. The molecule has 0 atom stereocenters. The van der Waals surface area contributed by atoms with Crippen molar-refractivity contribution in [3.8, 4) is 0 Å². The van der Waals surface area contributed by atoms with Crippen LogP contribution in [-0.2, 0) is 19.1 Å². The standard InChI is InChI=1S/C9H8F6O4/c1-4(2)6(16)18-3-19-7(17)5(8(10,11)12)9(13,14)15/h5H,1,3H2,2H3. The van der Waals surface area contributed by atoms with Gasteiger partial charge in [-0.05, 0) is 6.92 Å². The average Bonchev–Trinajstić information content (AvgIpc) is 2.11. The summed E-state index contributed by atoms with van der Waals surface area (Å²) in [7, 11) is 0. The summed E-state index contributed by atoms with van der Waals surface area (Å²) in [6.45, 7) is 2.90. The molecule has 0 rings (SSSR count). The fourth-order valence-corrected chi connectivity index (χ4v) is 0.800. The summed E-state index contributed by atoms with van der Waals surface area (Å²) in [6, 6.07) is 0. The second-order valence-corrected chi connectivity index (χ2v) is 3.31. The summed E-state index contributed by atoms with van der Waals surface area (Å²) < 4.78 is 79.9. The third-order valence-electron chi connectivity index (χ3n) is 1.63. The van der Waals surface area contributed by atoms with Gasteiger partial charge in [0.25, 0.3) is 0 Å². The number of carbonyl (C=O) groups is 2. The van der Waals surface area contributed by atoms with Gasteiger partial charge in [-0.2, -0.15) is 26.3 Å². The first-order valence-electron chi connectivity index (χ1n) is 4.50. The lowest BCUT2D eigenvalue weighted by Gasteiger charge is -2.21. The van der Waals surface area contributed by atoms with Crippen LogP contribution in [0, 0.1) is 5.92 Å². The molecule has 0 N–H and O–H groups in total. The smallest absolute Gasteiger partial charge is 0.411 e. The van der Waals surface area contributed by atoms with E-state index in [0.717, 1.165) is 0 Å². The molecule has 0 unspecified atom stereocenters. The lowest BCUT2D eigenvalue weighted by molar-refractivity contribution is -0.283. The molecule has 0 radical (unpaired) electrons. The van der Waals surface area contributed by atoms with E-state index >= 15 is 0 Å². The molecule has 0 fully saturated rings. The third-order valence-corrected chi connectivity index (χ3v) is 1.63. The first-order chi connectivity index (χ1) is 8.37. The van der Waals surface area contributed by atoms with E-state index < -0.39 is 37.0 Å². The SMILES string of the molecule is C=C(C)C(=O)OCOC(=O)C(C(F)(F)F)C(F)(F)F. The zero-order valence-corrected chi connectivity index (χ0v) is 9.39. The minimum Gasteiger partial charge on any atom is -0.427 e. The molecule has 0 aliphatic carbocycles. The van der Waals surface area contributed by atoms with E-state index in [1.807, 2.05) is 0 Å². The highest BCUT2D eigenvalue weighted by atomic mass is 19.4. The minimum absolute atomic E-state index is 0.167. The number of hydrogen-bond acceptors (Lipinski definition) is 4. The Morgan fingerprint density at radius 3 is 1.79 bits per heavy atom. The van der Waals surface area contributed by atoms with E-state index in [-0.39, 0.29) is 5.57 Å². The molecule has 0 saturated heterocycles. The van der Waals surface area contributed by atoms with Gasteiger partial charge in [-0.25, -0.2) is 4.79 Å². The van der Waals surface area contributed by atoms with Gasteiger partial charge in [0.05, 0.1) is 0 Å². The first-order valence-corrected chi connectivity index (χ1v) is 4.50. The Morgan fingerprint density at radius 1 is 1.05 bits per heavy atom. The number of ether oxygens (including phenoxy) is 2. The van der Waals surface area contributed by atoms with Crippen molar-refractivity contribution < 1.29 is 45.4 Å². The first kappa shape index (κ1) is 17.3. The van der Waals surface area contributed by atoms with Crippen LogP contribution in [0.4, 0.5) is 26.3 Å². The highest BCUT2D eigenvalue weighted by Crippen LogP contribution is 2.39. The van der Waals surface area contributed by atoms with Gasteiger partial charge in [-0.1, -0.05) is 6.58 Å². The fourth-order valence-electron chi connectivity index (χ4n) is 0.800. The number of esters is 2. The van der Waals surface area contributed by atoms with Crippen molar-refractivity contribution in [3.63, 3.8) is 0 Å². The molecule has 0 aliphatic rings. The Labute approximate surface area is 103 Å². The molecule has 110 valence electrons. The van der Waals surface area contributed by atoms with E-state index in [2.05, 4.69) is 16.1 Å². The van der Waals surface area contributed by atoms with Crippen LogP contribution < -0.4 is 0 Å². The van der Waals surface area contributed by atoms with E-state index in [9.17, 15) is 35.9 Å². The van der Waals surface area contributed by atoms with Crippen LogP contribution in [0.1, 0.15) is 6.92 Å².